The van der Waals surface area contributed by atoms with Crippen molar-refractivity contribution in [3.8, 4) is 0 Å². The van der Waals surface area contributed by atoms with Gasteiger partial charge < -0.3 is 4.42 Å². The standard InChI is InChI=1S/C13H15FN2O2S/c1-13(2,3)12-16-15-11(18-12)8-19(17)10-6-4-5-9(14)7-10/h4-7H,8H2,1-3H3/t19-/m1/s1. The predicted octanol–water partition coefficient (Wildman–Crippen LogP) is 2.81. The molecule has 0 aliphatic rings. The highest BCUT2D eigenvalue weighted by Crippen LogP contribution is 2.21. The molecule has 0 aliphatic heterocycles. The Morgan fingerprint density at radius 1 is 1.32 bits per heavy atom. The fourth-order valence-corrected chi connectivity index (χ4v) is 2.40. The van der Waals surface area contributed by atoms with Gasteiger partial charge in [0.1, 0.15) is 11.6 Å². The molecule has 0 bridgehead atoms. The van der Waals surface area contributed by atoms with Crippen molar-refractivity contribution in [3.63, 3.8) is 0 Å². The van der Waals surface area contributed by atoms with Gasteiger partial charge in [0, 0.05) is 10.3 Å². The SMILES string of the molecule is CC(C)(C)c1nnc(C[S@@](=O)c2cccc(F)c2)o1. The fraction of sp³-hybridized carbons (Fsp3) is 0.385. The molecule has 0 amide bonds. The van der Waals surface area contributed by atoms with Crippen LogP contribution in [-0.2, 0) is 22.0 Å². The molecule has 0 fully saturated rings. The van der Waals surface area contributed by atoms with E-state index in [9.17, 15) is 8.60 Å². The molecule has 0 unspecified atom stereocenters. The molecule has 1 atom stereocenters. The second-order valence-corrected chi connectivity index (χ2v) is 6.65. The van der Waals surface area contributed by atoms with E-state index in [-0.39, 0.29) is 11.2 Å². The van der Waals surface area contributed by atoms with Gasteiger partial charge in [-0.1, -0.05) is 26.8 Å². The van der Waals surface area contributed by atoms with Crippen molar-refractivity contribution in [1.82, 2.24) is 10.2 Å². The van der Waals surface area contributed by atoms with Crippen LogP contribution >= 0.6 is 0 Å². The molecule has 19 heavy (non-hydrogen) atoms. The topological polar surface area (TPSA) is 56.0 Å². The third-order valence-corrected chi connectivity index (χ3v) is 3.71. The zero-order chi connectivity index (χ0) is 14.0. The van der Waals surface area contributed by atoms with Crippen LogP contribution in [0.15, 0.2) is 33.6 Å². The third-order valence-electron chi connectivity index (χ3n) is 2.42. The van der Waals surface area contributed by atoms with E-state index in [2.05, 4.69) is 10.2 Å². The zero-order valence-corrected chi connectivity index (χ0v) is 11.8. The summed E-state index contributed by atoms with van der Waals surface area (Å²) in [6, 6.07) is 5.69. The number of hydrogen-bond donors (Lipinski definition) is 0. The molecule has 0 N–H and O–H groups in total. The quantitative estimate of drug-likeness (QED) is 0.868. The smallest absolute Gasteiger partial charge is 0.229 e. The molecule has 0 saturated carbocycles. The molecule has 1 heterocycles. The zero-order valence-electron chi connectivity index (χ0n) is 11.0. The van der Waals surface area contributed by atoms with Crippen LogP contribution in [-0.4, -0.2) is 14.4 Å². The Bertz CT molecular complexity index is 605. The second kappa shape index (κ2) is 5.21. The van der Waals surface area contributed by atoms with Crippen LogP contribution in [0.5, 0.6) is 0 Å². The molecular formula is C13H15FN2O2S. The molecule has 1 aromatic carbocycles. The molecule has 0 radical (unpaired) electrons. The first-order valence-corrected chi connectivity index (χ1v) is 7.15. The molecule has 2 rings (SSSR count). The molecule has 2 aromatic rings. The number of halogens is 1. The summed E-state index contributed by atoms with van der Waals surface area (Å²) in [6.45, 7) is 5.86. The number of hydrogen-bond acceptors (Lipinski definition) is 4. The lowest BCUT2D eigenvalue weighted by atomic mass is 9.97. The average molecular weight is 282 g/mol. The van der Waals surface area contributed by atoms with Crippen LogP contribution in [0.25, 0.3) is 0 Å². The van der Waals surface area contributed by atoms with Crippen molar-refractivity contribution in [2.75, 3.05) is 0 Å². The Morgan fingerprint density at radius 3 is 2.63 bits per heavy atom. The number of benzene rings is 1. The highest BCUT2D eigenvalue weighted by molar-refractivity contribution is 7.84. The van der Waals surface area contributed by atoms with Crippen LogP contribution in [0, 0.1) is 5.82 Å². The highest BCUT2D eigenvalue weighted by Gasteiger charge is 2.22. The summed E-state index contributed by atoms with van der Waals surface area (Å²) in [5, 5.41) is 7.79. The summed E-state index contributed by atoms with van der Waals surface area (Å²) in [6.07, 6.45) is 0. The summed E-state index contributed by atoms with van der Waals surface area (Å²) in [5.74, 6) is 0.477. The lowest BCUT2D eigenvalue weighted by Crippen LogP contribution is -2.11. The predicted molar refractivity (Wildman–Crippen MR) is 69.5 cm³/mol. The summed E-state index contributed by atoms with van der Waals surface area (Å²) >= 11 is 0. The number of rotatable bonds is 3. The molecule has 0 spiro atoms. The lowest BCUT2D eigenvalue weighted by molar-refractivity contribution is 0.378. The Balaban J connectivity index is 2.13. The van der Waals surface area contributed by atoms with Gasteiger partial charge in [0.15, 0.2) is 0 Å². The van der Waals surface area contributed by atoms with E-state index in [4.69, 9.17) is 4.42 Å². The Kier molecular flexibility index (Phi) is 3.80. The lowest BCUT2D eigenvalue weighted by Gasteiger charge is -2.10. The Morgan fingerprint density at radius 2 is 2.05 bits per heavy atom. The van der Waals surface area contributed by atoms with Gasteiger partial charge in [0.25, 0.3) is 0 Å². The molecule has 1 aromatic heterocycles. The van der Waals surface area contributed by atoms with E-state index in [1.165, 1.54) is 18.2 Å². The van der Waals surface area contributed by atoms with E-state index in [1.807, 2.05) is 20.8 Å². The van der Waals surface area contributed by atoms with Gasteiger partial charge >= 0.3 is 0 Å². The summed E-state index contributed by atoms with van der Waals surface area (Å²) in [4.78, 5) is 0.413. The normalized spacial score (nSPS) is 13.5. The van der Waals surface area contributed by atoms with Crippen LogP contribution in [0.2, 0.25) is 0 Å². The molecular weight excluding hydrogens is 267 g/mol. The Hall–Kier alpha value is -1.56. The number of nitrogens with zero attached hydrogens (tertiary/aromatic N) is 2. The number of aromatic nitrogens is 2. The van der Waals surface area contributed by atoms with Gasteiger partial charge in [-0.3, -0.25) is 4.21 Å². The fourth-order valence-electron chi connectivity index (χ4n) is 1.42. The van der Waals surface area contributed by atoms with Gasteiger partial charge in [0.05, 0.1) is 10.8 Å². The molecule has 0 aliphatic carbocycles. The van der Waals surface area contributed by atoms with E-state index in [1.54, 1.807) is 6.07 Å². The van der Waals surface area contributed by atoms with Crippen molar-refractivity contribution in [3.05, 3.63) is 41.9 Å². The summed E-state index contributed by atoms with van der Waals surface area (Å²) < 4.78 is 30.5. The summed E-state index contributed by atoms with van der Waals surface area (Å²) in [7, 11) is -1.39. The van der Waals surface area contributed by atoms with E-state index in [0.29, 0.717) is 16.7 Å². The largest absolute Gasteiger partial charge is 0.424 e. The van der Waals surface area contributed by atoms with Crippen LogP contribution in [0.4, 0.5) is 4.39 Å². The van der Waals surface area contributed by atoms with Crippen LogP contribution < -0.4 is 0 Å². The molecule has 6 heteroatoms. The van der Waals surface area contributed by atoms with Crippen molar-refractivity contribution in [2.24, 2.45) is 0 Å². The summed E-state index contributed by atoms with van der Waals surface area (Å²) in [5.41, 5.74) is -0.244. The van der Waals surface area contributed by atoms with Gasteiger partial charge in [-0.2, -0.15) is 0 Å². The molecule has 4 nitrogen and oxygen atoms in total. The monoisotopic (exact) mass is 282 g/mol. The third kappa shape index (κ3) is 3.47. The first-order chi connectivity index (χ1) is 8.86. The second-order valence-electron chi connectivity index (χ2n) is 5.20. The van der Waals surface area contributed by atoms with Gasteiger partial charge in [-0.15, -0.1) is 10.2 Å². The van der Waals surface area contributed by atoms with Crippen LogP contribution in [0.1, 0.15) is 32.6 Å². The maximum absolute atomic E-state index is 13.0. The van der Waals surface area contributed by atoms with Crippen LogP contribution in [0.3, 0.4) is 0 Å². The maximum atomic E-state index is 13.0. The minimum Gasteiger partial charge on any atom is -0.424 e. The molecule has 0 saturated heterocycles. The van der Waals surface area contributed by atoms with Crippen molar-refractivity contribution >= 4 is 10.8 Å². The first-order valence-electron chi connectivity index (χ1n) is 5.83. The maximum Gasteiger partial charge on any atom is 0.229 e. The van der Waals surface area contributed by atoms with Gasteiger partial charge in [-0.25, -0.2) is 4.39 Å². The first kappa shape index (κ1) is 13.9. The van der Waals surface area contributed by atoms with Crippen molar-refractivity contribution < 1.29 is 13.0 Å². The van der Waals surface area contributed by atoms with E-state index >= 15 is 0 Å². The highest BCUT2D eigenvalue weighted by atomic mass is 32.2. The van der Waals surface area contributed by atoms with Crippen molar-refractivity contribution in [2.45, 2.75) is 36.8 Å². The average Bonchev–Trinajstić information content (AvgIpc) is 2.77. The minimum absolute atomic E-state index is 0.0898. The van der Waals surface area contributed by atoms with E-state index in [0.717, 1.165) is 0 Å². The van der Waals surface area contributed by atoms with Gasteiger partial charge in [-0.05, 0) is 18.2 Å². The Labute approximate surface area is 113 Å². The van der Waals surface area contributed by atoms with E-state index < -0.39 is 16.6 Å². The van der Waals surface area contributed by atoms with Gasteiger partial charge in [0.2, 0.25) is 11.8 Å². The minimum atomic E-state index is -1.39. The van der Waals surface area contributed by atoms with Crippen molar-refractivity contribution in [1.29, 1.82) is 0 Å². The molecule has 102 valence electrons.